The maximum atomic E-state index is 11.1. The van der Waals surface area contributed by atoms with Crippen LogP contribution in [0.3, 0.4) is 0 Å². The van der Waals surface area contributed by atoms with Crippen molar-refractivity contribution in [3.63, 3.8) is 0 Å². The average molecular weight is 277 g/mol. The Morgan fingerprint density at radius 2 is 2.11 bits per heavy atom. The van der Waals surface area contributed by atoms with E-state index >= 15 is 0 Å². The van der Waals surface area contributed by atoms with Crippen molar-refractivity contribution in [2.45, 2.75) is 64.2 Å². The second-order valence-electron chi connectivity index (χ2n) is 5.40. The topological polar surface area (TPSA) is 55.4 Å². The molecule has 3 atom stereocenters. The Labute approximate surface area is 111 Å². The highest BCUT2D eigenvalue weighted by Crippen LogP contribution is 2.23. The summed E-state index contributed by atoms with van der Waals surface area (Å²) >= 11 is 0. The molecule has 0 radical (unpaired) electrons. The highest BCUT2D eigenvalue weighted by atomic mass is 32.2. The van der Waals surface area contributed by atoms with Crippen LogP contribution >= 0.6 is 0 Å². The molecule has 0 aromatic rings. The third-order valence-corrected chi connectivity index (χ3v) is 4.43. The molecule has 0 aromatic carbocycles. The average Bonchev–Trinajstić information content (AvgIpc) is 2.68. The summed E-state index contributed by atoms with van der Waals surface area (Å²) in [5.41, 5.74) is 0. The molecule has 0 spiro atoms. The molecule has 3 unspecified atom stereocenters. The summed E-state index contributed by atoms with van der Waals surface area (Å²) in [6.45, 7) is 5.21. The summed E-state index contributed by atoms with van der Waals surface area (Å²) in [4.78, 5) is 0. The van der Waals surface area contributed by atoms with Gasteiger partial charge >= 0.3 is 0 Å². The van der Waals surface area contributed by atoms with Crippen LogP contribution in [0.15, 0.2) is 0 Å². The van der Waals surface area contributed by atoms with Crippen LogP contribution in [0.2, 0.25) is 0 Å². The largest absolute Gasteiger partial charge is 0.374 e. The van der Waals surface area contributed by atoms with Gasteiger partial charge in [-0.2, -0.15) is 0 Å². The van der Waals surface area contributed by atoms with E-state index in [9.17, 15) is 8.42 Å². The van der Waals surface area contributed by atoms with E-state index in [0.29, 0.717) is 18.6 Å². The lowest BCUT2D eigenvalue weighted by atomic mass is 10.0. The number of hydrogen-bond acceptors (Lipinski definition) is 4. The quantitative estimate of drug-likeness (QED) is 0.734. The Morgan fingerprint density at radius 3 is 2.61 bits per heavy atom. The van der Waals surface area contributed by atoms with Gasteiger partial charge in [0.2, 0.25) is 0 Å². The van der Waals surface area contributed by atoms with Gasteiger partial charge in [0.25, 0.3) is 0 Å². The molecule has 1 rings (SSSR count). The normalized spacial score (nSPS) is 26.4. The van der Waals surface area contributed by atoms with Crippen LogP contribution < -0.4 is 5.32 Å². The minimum atomic E-state index is -2.84. The zero-order valence-electron chi connectivity index (χ0n) is 11.8. The van der Waals surface area contributed by atoms with E-state index in [-0.39, 0.29) is 11.9 Å². The van der Waals surface area contributed by atoms with Gasteiger partial charge < -0.3 is 10.1 Å². The molecule has 5 heteroatoms. The molecule has 1 heterocycles. The summed E-state index contributed by atoms with van der Waals surface area (Å²) in [6, 6.07) is 0.302. The van der Waals surface area contributed by atoms with Crippen LogP contribution in [0.5, 0.6) is 0 Å². The van der Waals surface area contributed by atoms with Gasteiger partial charge in [-0.05, 0) is 45.6 Å². The van der Waals surface area contributed by atoms with Gasteiger partial charge in [-0.1, -0.05) is 6.92 Å². The van der Waals surface area contributed by atoms with Gasteiger partial charge in [-0.15, -0.1) is 0 Å². The van der Waals surface area contributed by atoms with E-state index in [1.165, 1.54) is 6.26 Å². The van der Waals surface area contributed by atoms with Crippen molar-refractivity contribution in [3.8, 4) is 0 Å². The van der Waals surface area contributed by atoms with E-state index in [1.54, 1.807) is 0 Å². The zero-order valence-corrected chi connectivity index (χ0v) is 12.6. The molecule has 18 heavy (non-hydrogen) atoms. The Balaban J connectivity index is 2.40. The maximum Gasteiger partial charge on any atom is 0.147 e. The Hall–Kier alpha value is -0.130. The number of hydrogen-bond donors (Lipinski definition) is 1. The van der Waals surface area contributed by atoms with E-state index in [4.69, 9.17) is 4.74 Å². The van der Waals surface area contributed by atoms with E-state index in [0.717, 1.165) is 32.2 Å². The van der Waals surface area contributed by atoms with Crippen LogP contribution in [0, 0.1) is 0 Å². The molecule has 1 aliphatic heterocycles. The molecule has 1 N–H and O–H groups in total. The molecular weight excluding hydrogens is 250 g/mol. The lowest BCUT2D eigenvalue weighted by Gasteiger charge is -2.24. The molecule has 0 aliphatic carbocycles. The van der Waals surface area contributed by atoms with Gasteiger partial charge in [0.15, 0.2) is 0 Å². The number of ether oxygens (including phenoxy) is 1. The molecule has 0 bridgehead atoms. The van der Waals surface area contributed by atoms with Crippen LogP contribution in [0.1, 0.15) is 46.0 Å². The third kappa shape index (κ3) is 6.16. The monoisotopic (exact) mass is 277 g/mol. The standard InChI is InChI=1S/C13H27NO3S/c1-4-9-14-12(6-5-10-18(3,15)16)13-8-7-11(2)17-13/h11-14H,4-10H2,1-3H3. The first kappa shape index (κ1) is 15.9. The summed E-state index contributed by atoms with van der Waals surface area (Å²) in [6.07, 6.45) is 6.78. The Bertz CT molecular complexity index is 329. The van der Waals surface area contributed by atoms with Crippen molar-refractivity contribution in [1.29, 1.82) is 0 Å². The van der Waals surface area contributed by atoms with Crippen molar-refractivity contribution in [1.82, 2.24) is 5.32 Å². The highest BCUT2D eigenvalue weighted by Gasteiger charge is 2.28. The van der Waals surface area contributed by atoms with E-state index in [1.807, 2.05) is 0 Å². The minimum Gasteiger partial charge on any atom is -0.374 e. The first-order valence-corrected chi connectivity index (χ1v) is 9.05. The van der Waals surface area contributed by atoms with Crippen molar-refractivity contribution in [3.05, 3.63) is 0 Å². The van der Waals surface area contributed by atoms with Crippen LogP contribution in [-0.2, 0) is 14.6 Å². The fourth-order valence-electron chi connectivity index (χ4n) is 2.44. The van der Waals surface area contributed by atoms with Gasteiger partial charge in [0.05, 0.1) is 12.2 Å². The lowest BCUT2D eigenvalue weighted by Crippen LogP contribution is -2.40. The predicted octanol–water partition coefficient (Wildman–Crippen LogP) is 1.75. The Morgan fingerprint density at radius 1 is 1.39 bits per heavy atom. The van der Waals surface area contributed by atoms with Crippen molar-refractivity contribution in [2.75, 3.05) is 18.6 Å². The van der Waals surface area contributed by atoms with Crippen molar-refractivity contribution >= 4 is 9.84 Å². The summed E-state index contributed by atoms with van der Waals surface area (Å²) in [7, 11) is -2.84. The zero-order chi connectivity index (χ0) is 13.6. The first-order chi connectivity index (χ1) is 8.42. The smallest absolute Gasteiger partial charge is 0.147 e. The van der Waals surface area contributed by atoms with Gasteiger partial charge in [0.1, 0.15) is 9.84 Å². The number of rotatable bonds is 8. The fourth-order valence-corrected chi connectivity index (χ4v) is 3.14. The van der Waals surface area contributed by atoms with Gasteiger partial charge in [-0.3, -0.25) is 0 Å². The van der Waals surface area contributed by atoms with Crippen LogP contribution in [0.25, 0.3) is 0 Å². The SMILES string of the molecule is CCCNC(CCCS(C)(=O)=O)C1CCC(C)O1. The number of sulfone groups is 1. The minimum absolute atomic E-state index is 0.256. The second-order valence-corrected chi connectivity index (χ2v) is 7.65. The van der Waals surface area contributed by atoms with Crippen LogP contribution in [-0.4, -0.2) is 45.2 Å². The van der Waals surface area contributed by atoms with E-state index in [2.05, 4.69) is 19.2 Å². The molecule has 4 nitrogen and oxygen atoms in total. The lowest BCUT2D eigenvalue weighted by molar-refractivity contribution is 0.0300. The number of nitrogens with one attached hydrogen (secondary N) is 1. The maximum absolute atomic E-state index is 11.1. The van der Waals surface area contributed by atoms with Gasteiger partial charge in [0, 0.05) is 18.1 Å². The highest BCUT2D eigenvalue weighted by molar-refractivity contribution is 7.90. The summed E-state index contributed by atoms with van der Waals surface area (Å²) in [5.74, 6) is 0.277. The predicted molar refractivity (Wildman–Crippen MR) is 74.6 cm³/mol. The molecule has 108 valence electrons. The van der Waals surface area contributed by atoms with Crippen molar-refractivity contribution < 1.29 is 13.2 Å². The molecule has 0 saturated carbocycles. The molecule has 0 aromatic heterocycles. The molecule has 1 fully saturated rings. The Kier molecular flexibility index (Phi) is 6.60. The second kappa shape index (κ2) is 7.46. The van der Waals surface area contributed by atoms with Crippen molar-refractivity contribution in [2.24, 2.45) is 0 Å². The fraction of sp³-hybridized carbons (Fsp3) is 1.00. The molecule has 1 saturated heterocycles. The summed E-state index contributed by atoms with van der Waals surface area (Å²) < 4.78 is 28.2. The molecular formula is C13H27NO3S. The summed E-state index contributed by atoms with van der Waals surface area (Å²) in [5, 5.41) is 3.50. The third-order valence-electron chi connectivity index (χ3n) is 3.40. The molecule has 0 amide bonds. The van der Waals surface area contributed by atoms with Crippen LogP contribution in [0.4, 0.5) is 0 Å². The first-order valence-electron chi connectivity index (χ1n) is 6.99. The van der Waals surface area contributed by atoms with E-state index < -0.39 is 9.84 Å². The van der Waals surface area contributed by atoms with Gasteiger partial charge in [-0.25, -0.2) is 8.42 Å². The molecule has 1 aliphatic rings.